The molecule has 0 spiro atoms. The molecule has 0 fully saturated rings. The van der Waals surface area contributed by atoms with Crippen LogP contribution in [0.3, 0.4) is 0 Å². The van der Waals surface area contributed by atoms with Crippen LogP contribution in [0.15, 0.2) is 65.8 Å². The fourth-order valence-corrected chi connectivity index (χ4v) is 4.19. The number of nitrogens with one attached hydrogen (secondary N) is 2. The molecule has 0 aromatic heterocycles. The Kier molecular flexibility index (Phi) is 11.7. The SMILES string of the molecule is COc1cc(/C=N\NC(=O)[C@@H](CC(C)C)NC(=O)COc2ccccc2C)ccc1OCc1ccc(Cl)cc1Cl. The van der Waals surface area contributed by atoms with Crippen LogP contribution in [0.1, 0.15) is 37.0 Å². The number of carbonyl (C=O) groups is 2. The van der Waals surface area contributed by atoms with Gasteiger partial charge in [-0.25, -0.2) is 5.43 Å². The van der Waals surface area contributed by atoms with Crippen LogP contribution in [0, 0.1) is 12.8 Å². The lowest BCUT2D eigenvalue weighted by Gasteiger charge is -2.19. The number of benzene rings is 3. The lowest BCUT2D eigenvalue weighted by molar-refractivity contribution is -0.130. The number of carbonyl (C=O) groups excluding carboxylic acids is 2. The molecule has 10 heteroatoms. The van der Waals surface area contributed by atoms with Crippen molar-refractivity contribution in [2.24, 2.45) is 11.0 Å². The van der Waals surface area contributed by atoms with E-state index in [1.807, 2.05) is 39.0 Å². The van der Waals surface area contributed by atoms with Crippen LogP contribution >= 0.6 is 23.2 Å². The molecule has 3 aromatic rings. The number of amides is 2. The minimum atomic E-state index is -0.768. The third-order valence-electron chi connectivity index (χ3n) is 5.79. The number of para-hydroxylation sites is 1. The van der Waals surface area contributed by atoms with Gasteiger partial charge in [0.15, 0.2) is 18.1 Å². The first-order valence-electron chi connectivity index (χ1n) is 12.7. The molecule has 40 heavy (non-hydrogen) atoms. The number of hydrazone groups is 1. The van der Waals surface area contributed by atoms with E-state index in [-0.39, 0.29) is 19.1 Å². The summed E-state index contributed by atoms with van der Waals surface area (Å²) in [5, 5.41) is 7.87. The van der Waals surface area contributed by atoms with Crippen molar-refractivity contribution < 1.29 is 23.8 Å². The first-order valence-corrected chi connectivity index (χ1v) is 13.5. The molecule has 1 atom stereocenters. The fourth-order valence-electron chi connectivity index (χ4n) is 3.73. The zero-order valence-corrected chi connectivity index (χ0v) is 24.4. The topological polar surface area (TPSA) is 98.2 Å². The fraction of sp³-hybridized carbons (Fsp3) is 0.300. The number of ether oxygens (including phenoxy) is 3. The van der Waals surface area contributed by atoms with Gasteiger partial charge in [-0.3, -0.25) is 9.59 Å². The first-order chi connectivity index (χ1) is 19.2. The Bertz CT molecular complexity index is 1350. The molecule has 0 aliphatic rings. The van der Waals surface area contributed by atoms with Crippen molar-refractivity contribution >= 4 is 41.2 Å². The van der Waals surface area contributed by atoms with Gasteiger partial charge in [-0.1, -0.05) is 61.3 Å². The molecule has 0 saturated heterocycles. The Morgan fingerprint density at radius 1 is 0.975 bits per heavy atom. The highest BCUT2D eigenvalue weighted by Gasteiger charge is 2.22. The summed E-state index contributed by atoms with van der Waals surface area (Å²) in [5.74, 6) is 0.958. The number of methoxy groups -OCH3 is 1. The predicted octanol–water partition coefficient (Wildman–Crippen LogP) is 5.95. The maximum Gasteiger partial charge on any atom is 0.262 e. The van der Waals surface area contributed by atoms with Gasteiger partial charge in [-0.05, 0) is 66.8 Å². The van der Waals surface area contributed by atoms with E-state index in [1.54, 1.807) is 42.5 Å². The highest BCUT2D eigenvalue weighted by Crippen LogP contribution is 2.30. The molecule has 2 N–H and O–H groups in total. The first kappa shape index (κ1) is 30.8. The van der Waals surface area contributed by atoms with Crippen LogP contribution in [0.2, 0.25) is 10.0 Å². The summed E-state index contributed by atoms with van der Waals surface area (Å²) >= 11 is 12.2. The van der Waals surface area contributed by atoms with E-state index in [1.165, 1.54) is 13.3 Å². The van der Waals surface area contributed by atoms with Gasteiger partial charge < -0.3 is 19.5 Å². The largest absolute Gasteiger partial charge is 0.493 e. The quantitative estimate of drug-likeness (QED) is 0.191. The Labute approximate surface area is 244 Å². The second kappa shape index (κ2) is 15.1. The molecular weight excluding hydrogens is 553 g/mol. The van der Waals surface area contributed by atoms with Crippen LogP contribution in [0.4, 0.5) is 0 Å². The Balaban J connectivity index is 1.57. The molecule has 0 heterocycles. The molecule has 0 aliphatic heterocycles. The third-order valence-corrected chi connectivity index (χ3v) is 6.37. The van der Waals surface area contributed by atoms with E-state index in [4.69, 9.17) is 37.4 Å². The van der Waals surface area contributed by atoms with Gasteiger partial charge in [0.1, 0.15) is 18.4 Å². The van der Waals surface area contributed by atoms with Gasteiger partial charge in [-0.15, -0.1) is 0 Å². The molecule has 2 amide bonds. The van der Waals surface area contributed by atoms with Crippen molar-refractivity contribution in [3.05, 3.63) is 87.4 Å². The van der Waals surface area contributed by atoms with Gasteiger partial charge in [0.25, 0.3) is 11.8 Å². The van der Waals surface area contributed by atoms with Crippen LogP contribution in [0.5, 0.6) is 17.2 Å². The van der Waals surface area contributed by atoms with E-state index in [9.17, 15) is 9.59 Å². The maximum atomic E-state index is 12.8. The van der Waals surface area contributed by atoms with E-state index in [0.29, 0.717) is 39.3 Å². The van der Waals surface area contributed by atoms with Crippen LogP contribution in [-0.4, -0.2) is 37.8 Å². The summed E-state index contributed by atoms with van der Waals surface area (Å²) in [6.45, 7) is 5.86. The predicted molar refractivity (Wildman–Crippen MR) is 158 cm³/mol. The smallest absolute Gasteiger partial charge is 0.262 e. The summed E-state index contributed by atoms with van der Waals surface area (Å²) in [6.07, 6.45) is 1.92. The van der Waals surface area contributed by atoms with E-state index in [2.05, 4.69) is 15.8 Å². The molecule has 0 radical (unpaired) electrons. The Morgan fingerprint density at radius 2 is 1.75 bits per heavy atom. The van der Waals surface area contributed by atoms with Crippen molar-refractivity contribution in [3.8, 4) is 17.2 Å². The third kappa shape index (κ3) is 9.47. The normalized spacial score (nSPS) is 11.8. The van der Waals surface area contributed by atoms with Crippen molar-refractivity contribution in [1.29, 1.82) is 0 Å². The van der Waals surface area contributed by atoms with Gasteiger partial charge >= 0.3 is 0 Å². The highest BCUT2D eigenvalue weighted by molar-refractivity contribution is 6.35. The number of hydrogen-bond acceptors (Lipinski definition) is 6. The van der Waals surface area contributed by atoms with Crippen molar-refractivity contribution in [1.82, 2.24) is 10.7 Å². The molecule has 0 bridgehead atoms. The number of nitrogens with zero attached hydrogens (tertiary/aromatic N) is 1. The van der Waals surface area contributed by atoms with Gasteiger partial charge in [0.2, 0.25) is 0 Å². The summed E-state index contributed by atoms with van der Waals surface area (Å²) in [7, 11) is 1.53. The Hall–Kier alpha value is -3.75. The van der Waals surface area contributed by atoms with Gasteiger partial charge in [0, 0.05) is 15.6 Å². The molecule has 0 saturated carbocycles. The number of hydrogen-bond donors (Lipinski definition) is 2. The highest BCUT2D eigenvalue weighted by atomic mass is 35.5. The number of halogens is 2. The second-order valence-electron chi connectivity index (χ2n) is 9.47. The summed E-state index contributed by atoms with van der Waals surface area (Å²) in [6, 6.07) is 17.1. The molecule has 0 unspecified atom stereocenters. The minimum Gasteiger partial charge on any atom is -0.493 e. The molecule has 212 valence electrons. The molecular formula is C30H33Cl2N3O5. The van der Waals surface area contributed by atoms with E-state index in [0.717, 1.165) is 11.1 Å². The average Bonchev–Trinajstić information content (AvgIpc) is 2.91. The van der Waals surface area contributed by atoms with Crippen LogP contribution in [0.25, 0.3) is 0 Å². The van der Waals surface area contributed by atoms with Crippen molar-refractivity contribution in [2.45, 2.75) is 39.8 Å². The number of rotatable bonds is 13. The molecule has 3 aromatic carbocycles. The van der Waals surface area contributed by atoms with Gasteiger partial charge in [-0.2, -0.15) is 5.10 Å². The van der Waals surface area contributed by atoms with Crippen LogP contribution in [-0.2, 0) is 16.2 Å². The maximum absolute atomic E-state index is 12.8. The minimum absolute atomic E-state index is 0.164. The number of aryl methyl sites for hydroxylation is 1. The summed E-state index contributed by atoms with van der Waals surface area (Å²) < 4.78 is 16.9. The van der Waals surface area contributed by atoms with Crippen molar-refractivity contribution in [2.75, 3.05) is 13.7 Å². The van der Waals surface area contributed by atoms with Crippen LogP contribution < -0.4 is 25.0 Å². The molecule has 8 nitrogen and oxygen atoms in total. The monoisotopic (exact) mass is 585 g/mol. The van der Waals surface area contributed by atoms with Gasteiger partial charge in [0.05, 0.1) is 13.3 Å². The average molecular weight is 587 g/mol. The summed E-state index contributed by atoms with van der Waals surface area (Å²) in [5.41, 5.74) is 4.89. The zero-order valence-electron chi connectivity index (χ0n) is 22.9. The van der Waals surface area contributed by atoms with Crippen molar-refractivity contribution in [3.63, 3.8) is 0 Å². The zero-order chi connectivity index (χ0) is 29.1. The lowest BCUT2D eigenvalue weighted by Crippen LogP contribution is -2.47. The molecule has 3 rings (SSSR count). The molecule has 0 aliphatic carbocycles. The standard InChI is InChI=1S/C30H33Cl2N3O5/c1-19(2)13-25(34-29(36)18-40-26-8-6-5-7-20(26)3)30(37)35-33-16-21-9-12-27(28(14-21)38-4)39-17-22-10-11-23(31)15-24(22)32/h5-12,14-16,19,25H,13,17-18H2,1-4H3,(H,34,36)(H,35,37)/b33-16-/t25-/m1/s1. The Morgan fingerprint density at radius 3 is 2.45 bits per heavy atom. The lowest BCUT2D eigenvalue weighted by atomic mass is 10.0. The second-order valence-corrected chi connectivity index (χ2v) is 10.3. The van der Waals surface area contributed by atoms with E-state index < -0.39 is 17.9 Å². The van der Waals surface area contributed by atoms with E-state index >= 15 is 0 Å². The summed E-state index contributed by atoms with van der Waals surface area (Å²) in [4.78, 5) is 25.3.